The molecule has 1 fully saturated rings. The van der Waals surface area contributed by atoms with E-state index in [9.17, 15) is 0 Å². The molecule has 1 atom stereocenters. The fourth-order valence-electron chi connectivity index (χ4n) is 3.28. The van der Waals surface area contributed by atoms with Crippen molar-refractivity contribution < 1.29 is 0 Å². The Morgan fingerprint density at radius 2 is 1.70 bits per heavy atom. The fourth-order valence-corrected chi connectivity index (χ4v) is 3.28. The first-order valence-electron chi connectivity index (χ1n) is 8.60. The first-order valence-corrected chi connectivity index (χ1v) is 8.60. The van der Waals surface area contributed by atoms with Gasteiger partial charge < -0.3 is 10.2 Å². The van der Waals surface area contributed by atoms with Crippen LogP contribution in [-0.4, -0.2) is 61.7 Å². The average Bonchev–Trinajstić information content (AvgIpc) is 2.42. The summed E-state index contributed by atoms with van der Waals surface area (Å²) in [5.41, 5.74) is 0. The Morgan fingerprint density at radius 1 is 1.10 bits per heavy atom. The topological polar surface area (TPSA) is 18.5 Å². The summed E-state index contributed by atoms with van der Waals surface area (Å²) in [5.74, 6) is 1.45. The Balaban J connectivity index is 2.45. The minimum Gasteiger partial charge on any atom is -0.315 e. The highest BCUT2D eigenvalue weighted by molar-refractivity contribution is 4.84. The van der Waals surface area contributed by atoms with Gasteiger partial charge in [-0.05, 0) is 57.9 Å². The lowest BCUT2D eigenvalue weighted by molar-refractivity contribution is 0.0785. The molecule has 1 N–H and O–H groups in total. The summed E-state index contributed by atoms with van der Waals surface area (Å²) in [6.45, 7) is 17.6. The standard InChI is InChI=1S/C17H37N3/c1-7-20-10-8-16(9-11-20)19(6)17(15(4)5)13-18-12-14(2)3/h14-18H,7-13H2,1-6H3. The van der Waals surface area contributed by atoms with Crippen molar-refractivity contribution in [3.05, 3.63) is 0 Å². The smallest absolute Gasteiger partial charge is 0.0243 e. The normalized spacial score (nSPS) is 20.2. The minimum atomic E-state index is 0.659. The van der Waals surface area contributed by atoms with Gasteiger partial charge >= 0.3 is 0 Å². The average molecular weight is 284 g/mol. The van der Waals surface area contributed by atoms with E-state index in [1.165, 1.54) is 32.5 Å². The molecule has 20 heavy (non-hydrogen) atoms. The van der Waals surface area contributed by atoms with Crippen molar-refractivity contribution in [3.8, 4) is 0 Å². The molecule has 1 aliphatic rings. The highest BCUT2D eigenvalue weighted by atomic mass is 15.2. The minimum absolute atomic E-state index is 0.659. The number of likely N-dealkylation sites (N-methyl/N-ethyl adjacent to an activating group) is 1. The number of nitrogens with zero attached hydrogens (tertiary/aromatic N) is 2. The Kier molecular flexibility index (Phi) is 8.08. The monoisotopic (exact) mass is 283 g/mol. The summed E-state index contributed by atoms with van der Waals surface area (Å²) in [6.07, 6.45) is 2.66. The van der Waals surface area contributed by atoms with E-state index < -0.39 is 0 Å². The molecule has 0 saturated carbocycles. The third kappa shape index (κ3) is 5.71. The van der Waals surface area contributed by atoms with Crippen LogP contribution in [0.4, 0.5) is 0 Å². The van der Waals surface area contributed by atoms with Crippen molar-refractivity contribution in [2.45, 2.75) is 59.5 Å². The van der Waals surface area contributed by atoms with E-state index in [-0.39, 0.29) is 0 Å². The van der Waals surface area contributed by atoms with Crippen molar-refractivity contribution in [2.75, 3.05) is 39.8 Å². The number of hydrogen-bond acceptors (Lipinski definition) is 3. The maximum Gasteiger partial charge on any atom is 0.0243 e. The zero-order valence-electron chi connectivity index (χ0n) is 14.7. The van der Waals surface area contributed by atoms with Crippen LogP contribution >= 0.6 is 0 Å². The second-order valence-corrected chi connectivity index (χ2v) is 7.19. The number of nitrogens with one attached hydrogen (secondary N) is 1. The quantitative estimate of drug-likeness (QED) is 0.739. The molecular weight excluding hydrogens is 246 g/mol. The number of piperidine rings is 1. The second-order valence-electron chi connectivity index (χ2n) is 7.19. The molecule has 1 rings (SSSR count). The van der Waals surface area contributed by atoms with Gasteiger partial charge in [-0.15, -0.1) is 0 Å². The van der Waals surface area contributed by atoms with Crippen LogP contribution in [0.2, 0.25) is 0 Å². The zero-order valence-corrected chi connectivity index (χ0v) is 14.7. The van der Waals surface area contributed by atoms with Gasteiger partial charge in [0.25, 0.3) is 0 Å². The van der Waals surface area contributed by atoms with Gasteiger partial charge in [0, 0.05) is 18.6 Å². The predicted molar refractivity (Wildman–Crippen MR) is 89.2 cm³/mol. The summed E-state index contributed by atoms with van der Waals surface area (Å²) in [4.78, 5) is 5.23. The van der Waals surface area contributed by atoms with Crippen LogP contribution in [0.15, 0.2) is 0 Å². The highest BCUT2D eigenvalue weighted by Crippen LogP contribution is 2.20. The molecule has 0 spiro atoms. The number of likely N-dealkylation sites (tertiary alicyclic amines) is 1. The van der Waals surface area contributed by atoms with Gasteiger partial charge in [0.2, 0.25) is 0 Å². The van der Waals surface area contributed by atoms with E-state index in [0.717, 1.165) is 25.0 Å². The molecule has 1 heterocycles. The molecule has 3 nitrogen and oxygen atoms in total. The van der Waals surface area contributed by atoms with E-state index >= 15 is 0 Å². The molecule has 1 aliphatic heterocycles. The Labute approximate surface area is 127 Å². The van der Waals surface area contributed by atoms with Crippen molar-refractivity contribution in [2.24, 2.45) is 11.8 Å². The molecule has 0 aliphatic carbocycles. The van der Waals surface area contributed by atoms with E-state index in [1.807, 2.05) is 0 Å². The third-order valence-electron chi connectivity index (χ3n) is 4.78. The molecule has 0 aromatic carbocycles. The largest absolute Gasteiger partial charge is 0.315 e. The second kappa shape index (κ2) is 9.01. The first kappa shape index (κ1) is 17.9. The van der Waals surface area contributed by atoms with Gasteiger partial charge in [-0.25, -0.2) is 0 Å². The molecule has 0 amide bonds. The molecule has 3 heteroatoms. The maximum absolute atomic E-state index is 3.65. The van der Waals surface area contributed by atoms with E-state index in [0.29, 0.717) is 12.0 Å². The predicted octanol–water partition coefficient (Wildman–Crippen LogP) is 2.67. The van der Waals surface area contributed by atoms with Gasteiger partial charge in [-0.2, -0.15) is 0 Å². The van der Waals surface area contributed by atoms with Crippen LogP contribution in [0, 0.1) is 11.8 Å². The zero-order chi connectivity index (χ0) is 15.1. The molecule has 0 aromatic heterocycles. The third-order valence-corrected chi connectivity index (χ3v) is 4.78. The lowest BCUT2D eigenvalue weighted by Gasteiger charge is -2.41. The first-order chi connectivity index (χ1) is 9.45. The Morgan fingerprint density at radius 3 is 2.15 bits per heavy atom. The molecule has 1 unspecified atom stereocenters. The van der Waals surface area contributed by atoms with Crippen LogP contribution in [-0.2, 0) is 0 Å². The van der Waals surface area contributed by atoms with Crippen LogP contribution in [0.1, 0.15) is 47.5 Å². The van der Waals surface area contributed by atoms with Crippen LogP contribution in [0.25, 0.3) is 0 Å². The number of hydrogen-bond donors (Lipinski definition) is 1. The van der Waals surface area contributed by atoms with Gasteiger partial charge in [0.15, 0.2) is 0 Å². The van der Waals surface area contributed by atoms with Gasteiger partial charge in [0.05, 0.1) is 0 Å². The summed E-state index contributed by atoms with van der Waals surface area (Å²) in [5, 5.41) is 3.65. The maximum atomic E-state index is 3.65. The van der Waals surface area contributed by atoms with Crippen LogP contribution in [0.3, 0.4) is 0 Å². The van der Waals surface area contributed by atoms with Gasteiger partial charge in [0.1, 0.15) is 0 Å². The van der Waals surface area contributed by atoms with E-state index in [4.69, 9.17) is 0 Å². The van der Waals surface area contributed by atoms with Crippen molar-refractivity contribution in [1.82, 2.24) is 15.1 Å². The molecule has 0 radical (unpaired) electrons. The highest BCUT2D eigenvalue weighted by Gasteiger charge is 2.27. The van der Waals surface area contributed by atoms with Crippen molar-refractivity contribution >= 4 is 0 Å². The van der Waals surface area contributed by atoms with Crippen molar-refractivity contribution in [3.63, 3.8) is 0 Å². The summed E-state index contributed by atoms with van der Waals surface area (Å²) in [7, 11) is 2.34. The van der Waals surface area contributed by atoms with Gasteiger partial charge in [-0.3, -0.25) is 4.90 Å². The van der Waals surface area contributed by atoms with E-state index in [1.54, 1.807) is 0 Å². The van der Waals surface area contributed by atoms with Crippen LogP contribution in [0.5, 0.6) is 0 Å². The summed E-state index contributed by atoms with van der Waals surface area (Å²) < 4.78 is 0. The fraction of sp³-hybridized carbons (Fsp3) is 1.00. The molecule has 0 aromatic rings. The van der Waals surface area contributed by atoms with Gasteiger partial charge in [-0.1, -0.05) is 34.6 Å². The number of rotatable bonds is 8. The summed E-state index contributed by atoms with van der Waals surface area (Å²) in [6, 6.07) is 1.43. The van der Waals surface area contributed by atoms with Crippen LogP contribution < -0.4 is 5.32 Å². The SMILES string of the molecule is CCN1CCC(N(C)C(CNCC(C)C)C(C)C)CC1. The Bertz CT molecular complexity index is 245. The molecule has 0 bridgehead atoms. The lowest BCUT2D eigenvalue weighted by Crippen LogP contribution is -2.52. The van der Waals surface area contributed by atoms with E-state index in [2.05, 4.69) is 56.8 Å². The Hall–Kier alpha value is -0.120. The summed E-state index contributed by atoms with van der Waals surface area (Å²) >= 11 is 0. The molecule has 120 valence electrons. The lowest BCUT2D eigenvalue weighted by atomic mass is 9.96. The van der Waals surface area contributed by atoms with Crippen molar-refractivity contribution in [1.29, 1.82) is 0 Å². The molecular formula is C17H37N3. The molecule has 1 saturated heterocycles.